The maximum absolute atomic E-state index is 11.6. The Bertz CT molecular complexity index is 993. The summed E-state index contributed by atoms with van der Waals surface area (Å²) in [7, 11) is 0. The molecule has 1 amide bonds. The molecule has 30 heavy (non-hydrogen) atoms. The van der Waals surface area contributed by atoms with Crippen LogP contribution in [0.15, 0.2) is 67.0 Å². The first-order valence-corrected chi connectivity index (χ1v) is 10.3. The number of nitrogens with two attached hydrogens (primary N) is 1. The highest BCUT2D eigenvalue weighted by molar-refractivity contribution is 5.94. The van der Waals surface area contributed by atoms with Crippen molar-refractivity contribution in [2.45, 2.75) is 18.8 Å². The lowest BCUT2D eigenvalue weighted by Gasteiger charge is -2.32. The molecule has 0 aliphatic carbocycles. The van der Waals surface area contributed by atoms with E-state index >= 15 is 0 Å². The molecule has 2 heterocycles. The maximum atomic E-state index is 11.6. The van der Waals surface area contributed by atoms with E-state index in [1.807, 2.05) is 42.5 Å². The van der Waals surface area contributed by atoms with E-state index in [1.54, 1.807) is 24.5 Å². The van der Waals surface area contributed by atoms with E-state index in [0.29, 0.717) is 12.2 Å². The molecular weight excluding hydrogens is 376 g/mol. The summed E-state index contributed by atoms with van der Waals surface area (Å²) in [6.45, 7) is 3.50. The Morgan fingerprint density at radius 1 is 1.10 bits per heavy atom. The van der Waals surface area contributed by atoms with Gasteiger partial charge in [0.25, 0.3) is 0 Å². The summed E-state index contributed by atoms with van der Waals surface area (Å²) in [6.07, 6.45) is 5.61. The zero-order chi connectivity index (χ0) is 20.8. The van der Waals surface area contributed by atoms with Gasteiger partial charge in [0.15, 0.2) is 0 Å². The van der Waals surface area contributed by atoms with Gasteiger partial charge < -0.3 is 10.5 Å². The van der Waals surface area contributed by atoms with Crippen LogP contribution < -0.4 is 10.5 Å². The van der Waals surface area contributed by atoms with Crippen LogP contribution in [0.25, 0.3) is 11.3 Å². The van der Waals surface area contributed by atoms with Crippen LogP contribution in [-0.4, -0.2) is 47.0 Å². The van der Waals surface area contributed by atoms with Gasteiger partial charge in [-0.2, -0.15) is 0 Å². The number of hydrogen-bond donors (Lipinski definition) is 1. The second-order valence-corrected chi connectivity index (χ2v) is 7.54. The van der Waals surface area contributed by atoms with E-state index in [4.69, 9.17) is 10.5 Å². The average Bonchev–Trinajstić information content (AvgIpc) is 2.80. The Morgan fingerprint density at radius 3 is 2.77 bits per heavy atom. The molecule has 1 unspecified atom stereocenters. The van der Waals surface area contributed by atoms with Gasteiger partial charge in [-0.3, -0.25) is 19.7 Å². The minimum atomic E-state index is -0.440. The number of ether oxygens (including phenoxy) is 1. The van der Waals surface area contributed by atoms with E-state index in [9.17, 15) is 4.79 Å². The maximum Gasteiger partial charge on any atom is 0.248 e. The first-order chi connectivity index (χ1) is 14.7. The van der Waals surface area contributed by atoms with Crippen molar-refractivity contribution in [3.8, 4) is 17.0 Å². The predicted octanol–water partition coefficient (Wildman–Crippen LogP) is 3.50. The monoisotopic (exact) mass is 402 g/mol. The second-order valence-electron chi connectivity index (χ2n) is 7.54. The van der Waals surface area contributed by atoms with Crippen LogP contribution in [0, 0.1) is 0 Å². The molecule has 3 aromatic rings. The number of primary amides is 1. The molecule has 6 nitrogen and oxygen atoms in total. The number of rotatable bonds is 7. The van der Waals surface area contributed by atoms with Crippen molar-refractivity contribution < 1.29 is 9.53 Å². The van der Waals surface area contributed by atoms with Gasteiger partial charge in [0.05, 0.1) is 11.4 Å². The third kappa shape index (κ3) is 4.83. The number of likely N-dealkylation sites (tertiary alicyclic amines) is 1. The second kappa shape index (κ2) is 9.50. The fourth-order valence-electron chi connectivity index (χ4n) is 3.98. The number of carbonyl (C=O) groups excluding carboxylic acids is 1. The Labute approximate surface area is 176 Å². The number of nitrogens with zero attached hydrogens (tertiary/aromatic N) is 3. The van der Waals surface area contributed by atoms with Crippen molar-refractivity contribution in [1.82, 2.24) is 14.9 Å². The fourth-order valence-corrected chi connectivity index (χ4v) is 3.98. The molecule has 2 N–H and O–H groups in total. The highest BCUT2D eigenvalue weighted by Crippen LogP contribution is 2.32. The number of amides is 1. The minimum absolute atomic E-state index is 0.288. The number of para-hydroxylation sites is 1. The van der Waals surface area contributed by atoms with Gasteiger partial charge in [0, 0.05) is 42.5 Å². The molecule has 154 valence electrons. The molecule has 2 aromatic carbocycles. The van der Waals surface area contributed by atoms with Gasteiger partial charge in [0.2, 0.25) is 5.91 Å². The van der Waals surface area contributed by atoms with Crippen molar-refractivity contribution in [2.24, 2.45) is 5.73 Å². The van der Waals surface area contributed by atoms with E-state index in [1.165, 1.54) is 0 Å². The van der Waals surface area contributed by atoms with Crippen LogP contribution in [0.4, 0.5) is 0 Å². The van der Waals surface area contributed by atoms with Crippen LogP contribution in [0.3, 0.4) is 0 Å². The van der Waals surface area contributed by atoms with Gasteiger partial charge >= 0.3 is 0 Å². The first-order valence-electron chi connectivity index (χ1n) is 10.3. The normalized spacial score (nSPS) is 16.9. The van der Waals surface area contributed by atoms with Crippen molar-refractivity contribution in [2.75, 3.05) is 26.2 Å². The third-order valence-electron chi connectivity index (χ3n) is 5.46. The van der Waals surface area contributed by atoms with Crippen LogP contribution in [0.5, 0.6) is 5.75 Å². The average molecular weight is 402 g/mol. The summed E-state index contributed by atoms with van der Waals surface area (Å²) < 4.78 is 5.86. The van der Waals surface area contributed by atoms with Crippen molar-refractivity contribution >= 4 is 5.91 Å². The standard InChI is InChI=1S/C24H26N4O2/c25-24(29)19-7-4-6-18(16-19)22-23(27-12-11-26-22)20-8-5-13-28(17-20)14-15-30-21-9-2-1-3-10-21/h1-4,6-7,9-12,16,20H,5,8,13-15,17H2,(H2,25,29). The summed E-state index contributed by atoms with van der Waals surface area (Å²) in [6, 6.07) is 17.2. The van der Waals surface area contributed by atoms with Crippen LogP contribution in [0.2, 0.25) is 0 Å². The molecule has 4 rings (SSSR count). The van der Waals surface area contributed by atoms with E-state index in [-0.39, 0.29) is 5.92 Å². The van der Waals surface area contributed by atoms with Crippen molar-refractivity contribution in [3.63, 3.8) is 0 Å². The Kier molecular flexibility index (Phi) is 6.35. The van der Waals surface area contributed by atoms with E-state index < -0.39 is 5.91 Å². The zero-order valence-electron chi connectivity index (χ0n) is 16.9. The SMILES string of the molecule is NC(=O)c1cccc(-c2nccnc2C2CCCN(CCOc3ccccc3)C2)c1. The number of aromatic nitrogens is 2. The summed E-state index contributed by atoms with van der Waals surface area (Å²) in [4.78, 5) is 23.3. The van der Waals surface area contributed by atoms with Crippen LogP contribution >= 0.6 is 0 Å². The predicted molar refractivity (Wildman–Crippen MR) is 116 cm³/mol. The molecule has 1 atom stereocenters. The highest BCUT2D eigenvalue weighted by Gasteiger charge is 2.25. The van der Waals surface area contributed by atoms with Gasteiger partial charge in [-0.15, -0.1) is 0 Å². The summed E-state index contributed by atoms with van der Waals surface area (Å²) in [5.41, 5.74) is 8.61. The lowest BCUT2D eigenvalue weighted by Crippen LogP contribution is -2.37. The molecule has 1 aromatic heterocycles. The molecule has 1 saturated heterocycles. The largest absolute Gasteiger partial charge is 0.492 e. The molecule has 0 bridgehead atoms. The third-order valence-corrected chi connectivity index (χ3v) is 5.46. The lowest BCUT2D eigenvalue weighted by molar-refractivity contribution is 0.100. The molecule has 1 aliphatic rings. The minimum Gasteiger partial charge on any atom is -0.492 e. The van der Waals surface area contributed by atoms with Crippen molar-refractivity contribution in [3.05, 3.63) is 78.2 Å². The number of piperidine rings is 1. The summed E-state index contributed by atoms with van der Waals surface area (Å²) in [5, 5.41) is 0. The van der Waals surface area contributed by atoms with E-state index in [0.717, 1.165) is 55.2 Å². The Balaban J connectivity index is 1.46. The number of hydrogen-bond acceptors (Lipinski definition) is 5. The highest BCUT2D eigenvalue weighted by atomic mass is 16.5. The van der Waals surface area contributed by atoms with Gasteiger partial charge in [-0.1, -0.05) is 30.3 Å². The van der Waals surface area contributed by atoms with Gasteiger partial charge in [0.1, 0.15) is 12.4 Å². The van der Waals surface area contributed by atoms with Crippen LogP contribution in [-0.2, 0) is 0 Å². The quantitative estimate of drug-likeness (QED) is 0.654. The molecule has 0 saturated carbocycles. The zero-order valence-corrected chi connectivity index (χ0v) is 16.9. The summed E-state index contributed by atoms with van der Waals surface area (Å²) >= 11 is 0. The van der Waals surface area contributed by atoms with Gasteiger partial charge in [-0.25, -0.2) is 0 Å². The molecule has 0 radical (unpaired) electrons. The molecule has 1 fully saturated rings. The first kappa shape index (κ1) is 20.0. The van der Waals surface area contributed by atoms with E-state index in [2.05, 4.69) is 14.9 Å². The molecule has 0 spiro atoms. The van der Waals surface area contributed by atoms with Crippen molar-refractivity contribution in [1.29, 1.82) is 0 Å². The Morgan fingerprint density at radius 2 is 1.93 bits per heavy atom. The fraction of sp³-hybridized carbons (Fsp3) is 0.292. The van der Waals surface area contributed by atoms with Crippen LogP contribution in [0.1, 0.15) is 34.8 Å². The lowest BCUT2D eigenvalue weighted by atomic mass is 9.91. The molecule has 6 heteroatoms. The topological polar surface area (TPSA) is 81.3 Å². The molecular formula is C24H26N4O2. The Hall–Kier alpha value is -3.25. The smallest absolute Gasteiger partial charge is 0.248 e. The molecule has 1 aliphatic heterocycles. The van der Waals surface area contributed by atoms with Gasteiger partial charge in [-0.05, 0) is 43.7 Å². The summed E-state index contributed by atoms with van der Waals surface area (Å²) in [5.74, 6) is 0.748. The number of benzene rings is 2. The number of carbonyl (C=O) groups is 1.